The standard InChI is InChI=1S/C17H42N2O4Si4/c1-15(19(25(5,6)7)17(21)23-27(11,12)13)14-18(24(2,3)4)16(20)22-26(8,9)10/h15H,14H2,1-13H3. The highest BCUT2D eigenvalue weighted by Gasteiger charge is 2.40. The molecule has 1 unspecified atom stereocenters. The van der Waals surface area contributed by atoms with E-state index in [0.717, 1.165) is 0 Å². The molecule has 2 amide bonds. The topological polar surface area (TPSA) is 59.1 Å². The van der Waals surface area contributed by atoms with Crippen LogP contribution in [0.15, 0.2) is 0 Å². The largest absolute Gasteiger partial charge is 0.505 e. The van der Waals surface area contributed by atoms with E-state index < -0.39 is 33.1 Å². The number of carbonyl (C=O) groups is 2. The molecule has 0 aromatic heterocycles. The van der Waals surface area contributed by atoms with Gasteiger partial charge in [0.05, 0.1) is 0 Å². The predicted molar refractivity (Wildman–Crippen MR) is 124 cm³/mol. The SMILES string of the molecule is CC(CN(C(=O)O[Si](C)(C)C)[Si](C)(C)C)N(C(=O)O[Si](C)(C)C)[Si](C)(C)C. The molecule has 0 radical (unpaired) electrons. The Kier molecular flexibility index (Phi) is 8.63. The maximum absolute atomic E-state index is 12.9. The van der Waals surface area contributed by atoms with Gasteiger partial charge in [0.25, 0.3) is 0 Å². The van der Waals surface area contributed by atoms with Crippen LogP contribution >= 0.6 is 0 Å². The van der Waals surface area contributed by atoms with E-state index in [0.29, 0.717) is 6.54 Å². The predicted octanol–water partition coefficient (Wildman–Crippen LogP) is 5.59. The van der Waals surface area contributed by atoms with Crippen LogP contribution in [0.25, 0.3) is 0 Å². The number of rotatable bonds is 7. The van der Waals surface area contributed by atoms with Crippen LogP contribution in [-0.4, -0.2) is 67.0 Å². The lowest BCUT2D eigenvalue weighted by molar-refractivity contribution is 0.149. The summed E-state index contributed by atoms with van der Waals surface area (Å²) in [6, 6.07) is -0.124. The van der Waals surface area contributed by atoms with Crippen LogP contribution in [0.3, 0.4) is 0 Å². The Morgan fingerprint density at radius 3 is 1.37 bits per heavy atom. The van der Waals surface area contributed by atoms with Crippen LogP contribution in [0, 0.1) is 0 Å². The number of hydrogen-bond donors (Lipinski definition) is 0. The van der Waals surface area contributed by atoms with E-state index in [9.17, 15) is 9.59 Å². The average Bonchev–Trinajstić information content (AvgIpc) is 2.27. The molecule has 0 heterocycles. The second kappa shape index (κ2) is 8.83. The van der Waals surface area contributed by atoms with Gasteiger partial charge in [-0.25, -0.2) is 9.59 Å². The first-order valence-corrected chi connectivity index (χ1v) is 23.4. The van der Waals surface area contributed by atoms with Gasteiger partial charge in [-0.1, -0.05) is 39.3 Å². The van der Waals surface area contributed by atoms with Crippen LogP contribution in [0.2, 0.25) is 78.6 Å². The summed E-state index contributed by atoms with van der Waals surface area (Å²) in [5, 5.41) is 0. The lowest BCUT2D eigenvalue weighted by Gasteiger charge is -2.44. The van der Waals surface area contributed by atoms with Crippen LogP contribution in [0.5, 0.6) is 0 Å². The highest BCUT2D eigenvalue weighted by molar-refractivity contribution is 6.77. The minimum Gasteiger partial charge on any atom is -0.505 e. The third kappa shape index (κ3) is 9.95. The van der Waals surface area contributed by atoms with Crippen molar-refractivity contribution in [1.82, 2.24) is 9.13 Å². The van der Waals surface area contributed by atoms with Crippen molar-refractivity contribution in [2.45, 2.75) is 91.5 Å². The molecule has 27 heavy (non-hydrogen) atoms. The number of hydrogen-bond acceptors (Lipinski definition) is 4. The smallest absolute Gasteiger partial charge is 0.388 e. The van der Waals surface area contributed by atoms with Crippen molar-refractivity contribution < 1.29 is 18.4 Å². The molecule has 0 saturated heterocycles. The van der Waals surface area contributed by atoms with Gasteiger partial charge in [-0.05, 0) is 46.2 Å². The molecular weight excluding hydrogens is 409 g/mol. The molecule has 0 fully saturated rings. The average molecular weight is 451 g/mol. The van der Waals surface area contributed by atoms with Crippen molar-refractivity contribution in [3.63, 3.8) is 0 Å². The molecule has 1 atom stereocenters. The maximum atomic E-state index is 12.9. The minimum atomic E-state index is -2.00. The molecule has 0 aliphatic heterocycles. The van der Waals surface area contributed by atoms with E-state index in [-0.39, 0.29) is 18.2 Å². The summed E-state index contributed by atoms with van der Waals surface area (Å²) in [4.78, 5) is 25.8. The Morgan fingerprint density at radius 2 is 1.07 bits per heavy atom. The zero-order valence-corrected chi connectivity index (χ0v) is 23.8. The molecule has 0 aromatic rings. The van der Waals surface area contributed by atoms with Crippen molar-refractivity contribution >= 4 is 45.3 Å². The zero-order chi connectivity index (χ0) is 22.0. The van der Waals surface area contributed by atoms with E-state index in [1.54, 1.807) is 0 Å². The molecule has 0 aliphatic rings. The molecule has 0 aromatic carbocycles. The minimum absolute atomic E-state index is 0.124. The molecule has 0 N–H and O–H groups in total. The number of nitrogens with zero attached hydrogens (tertiary/aromatic N) is 2. The Labute approximate surface area is 171 Å². The first-order valence-electron chi connectivity index (χ1n) is 9.68. The summed E-state index contributed by atoms with van der Waals surface area (Å²) in [5.41, 5.74) is 0. The second-order valence-electron chi connectivity index (χ2n) is 11.1. The third-order valence-corrected chi connectivity index (χ3v) is 9.25. The van der Waals surface area contributed by atoms with Crippen molar-refractivity contribution in [3.8, 4) is 0 Å². The number of amides is 2. The monoisotopic (exact) mass is 450 g/mol. The Balaban J connectivity index is 5.66. The van der Waals surface area contributed by atoms with Crippen molar-refractivity contribution in [3.05, 3.63) is 0 Å². The van der Waals surface area contributed by atoms with E-state index in [1.807, 2.05) is 55.3 Å². The summed E-state index contributed by atoms with van der Waals surface area (Å²) in [6.07, 6.45) is -0.482. The van der Waals surface area contributed by atoms with E-state index >= 15 is 0 Å². The molecule has 6 nitrogen and oxygen atoms in total. The summed E-state index contributed by atoms with van der Waals surface area (Å²) in [7, 11) is -7.95. The molecule has 0 aliphatic carbocycles. The fourth-order valence-corrected chi connectivity index (χ4v) is 7.55. The highest BCUT2D eigenvalue weighted by Crippen LogP contribution is 2.22. The third-order valence-electron chi connectivity index (χ3n) is 3.62. The first-order chi connectivity index (χ1) is 11.6. The lowest BCUT2D eigenvalue weighted by atomic mass is 10.3. The fourth-order valence-electron chi connectivity index (χ4n) is 2.71. The van der Waals surface area contributed by atoms with Gasteiger partial charge in [-0.3, -0.25) is 0 Å². The Bertz CT molecular complexity index is 531. The van der Waals surface area contributed by atoms with E-state index in [4.69, 9.17) is 8.85 Å². The zero-order valence-electron chi connectivity index (χ0n) is 19.8. The van der Waals surface area contributed by atoms with Gasteiger partial charge in [0.1, 0.15) is 0 Å². The van der Waals surface area contributed by atoms with Crippen LogP contribution in [0.1, 0.15) is 6.92 Å². The molecule has 0 spiro atoms. The van der Waals surface area contributed by atoms with Crippen molar-refractivity contribution in [1.29, 1.82) is 0 Å². The van der Waals surface area contributed by atoms with Gasteiger partial charge in [-0.15, -0.1) is 0 Å². The Morgan fingerprint density at radius 1 is 0.704 bits per heavy atom. The van der Waals surface area contributed by atoms with Crippen molar-refractivity contribution in [2.24, 2.45) is 0 Å². The van der Waals surface area contributed by atoms with E-state index in [1.165, 1.54) is 0 Å². The van der Waals surface area contributed by atoms with E-state index in [2.05, 4.69) is 39.3 Å². The van der Waals surface area contributed by atoms with Crippen LogP contribution in [-0.2, 0) is 8.85 Å². The summed E-state index contributed by atoms with van der Waals surface area (Å²) < 4.78 is 15.4. The van der Waals surface area contributed by atoms with Crippen molar-refractivity contribution in [2.75, 3.05) is 6.54 Å². The van der Waals surface area contributed by atoms with Gasteiger partial charge in [0, 0.05) is 12.6 Å². The van der Waals surface area contributed by atoms with Gasteiger partial charge in [0.15, 0.2) is 16.5 Å². The fraction of sp³-hybridized carbons (Fsp3) is 0.882. The molecule has 0 bridgehead atoms. The molecule has 10 heteroatoms. The summed E-state index contributed by atoms with van der Waals surface area (Å²) in [6.45, 7) is 27.3. The molecule has 160 valence electrons. The molecular formula is C17H42N2O4Si4. The van der Waals surface area contributed by atoms with Gasteiger partial charge in [0.2, 0.25) is 16.6 Å². The van der Waals surface area contributed by atoms with Gasteiger partial charge < -0.3 is 18.0 Å². The molecule has 0 rings (SSSR count). The summed E-state index contributed by atoms with van der Waals surface area (Å²) >= 11 is 0. The van der Waals surface area contributed by atoms with Gasteiger partial charge in [-0.2, -0.15) is 0 Å². The number of carbonyl (C=O) groups excluding carboxylic acids is 2. The van der Waals surface area contributed by atoms with Crippen LogP contribution in [0.4, 0.5) is 9.59 Å². The highest BCUT2D eigenvalue weighted by atomic mass is 28.4. The second-order valence-corrected chi connectivity index (χ2v) is 29.7. The molecule has 0 saturated carbocycles. The van der Waals surface area contributed by atoms with Crippen LogP contribution < -0.4 is 0 Å². The lowest BCUT2D eigenvalue weighted by Crippen LogP contribution is -2.62. The quantitative estimate of drug-likeness (QED) is 0.474. The summed E-state index contributed by atoms with van der Waals surface area (Å²) in [5.74, 6) is 0. The first kappa shape index (κ1) is 26.4. The Hall–Kier alpha value is -0.592. The van der Waals surface area contributed by atoms with Gasteiger partial charge >= 0.3 is 12.2 Å². The normalized spacial score (nSPS) is 14.4. The maximum Gasteiger partial charge on any atom is 0.388 e.